The van der Waals surface area contributed by atoms with Crippen molar-refractivity contribution in [2.75, 3.05) is 19.3 Å². The largest absolute Gasteiger partial charge is 0.348 e. The summed E-state index contributed by atoms with van der Waals surface area (Å²) in [6.07, 6.45) is 2.00. The number of thioether (sulfide) groups is 1. The molecule has 0 aromatic heterocycles. The fourth-order valence-electron chi connectivity index (χ4n) is 2.57. The number of nitrogens with zero attached hydrogens (tertiary/aromatic N) is 1. The molecule has 0 radical (unpaired) electrons. The van der Waals surface area contributed by atoms with Crippen molar-refractivity contribution in [3.8, 4) is 0 Å². The van der Waals surface area contributed by atoms with E-state index in [1.165, 1.54) is 22.5 Å². The Morgan fingerprint density at radius 3 is 2.30 bits per heavy atom. The third-order valence-electron chi connectivity index (χ3n) is 4.13. The Kier molecular flexibility index (Phi) is 7.73. The quantitative estimate of drug-likeness (QED) is 0.647. The average Bonchev–Trinajstić information content (AvgIpc) is 2.67. The molecule has 8 heteroatoms. The van der Waals surface area contributed by atoms with Gasteiger partial charge in [-0.15, -0.1) is 11.8 Å². The van der Waals surface area contributed by atoms with Crippen LogP contribution in [0.3, 0.4) is 0 Å². The number of halogens is 1. The van der Waals surface area contributed by atoms with Gasteiger partial charge in [0, 0.05) is 30.1 Å². The van der Waals surface area contributed by atoms with Crippen molar-refractivity contribution < 1.29 is 13.2 Å². The van der Waals surface area contributed by atoms with E-state index in [0.29, 0.717) is 19.6 Å². The van der Waals surface area contributed by atoms with Crippen LogP contribution in [0.2, 0.25) is 5.02 Å². The summed E-state index contributed by atoms with van der Waals surface area (Å²) in [5, 5.41) is 2.91. The molecule has 2 aromatic carbocycles. The highest BCUT2D eigenvalue weighted by molar-refractivity contribution is 7.98. The minimum absolute atomic E-state index is 0.0511. The lowest BCUT2D eigenvalue weighted by molar-refractivity contribution is 0.0950. The molecule has 0 fully saturated rings. The van der Waals surface area contributed by atoms with Crippen molar-refractivity contribution in [3.63, 3.8) is 0 Å². The number of hydrogen-bond acceptors (Lipinski definition) is 4. The molecule has 0 saturated heterocycles. The molecule has 0 spiro atoms. The predicted molar refractivity (Wildman–Crippen MR) is 111 cm³/mol. The maximum atomic E-state index is 12.7. The number of carbonyl (C=O) groups excluding carboxylic acids is 1. The Balaban J connectivity index is 2.19. The van der Waals surface area contributed by atoms with Crippen molar-refractivity contribution in [1.29, 1.82) is 0 Å². The first-order valence-corrected chi connectivity index (χ1v) is 11.6. The van der Waals surface area contributed by atoms with Gasteiger partial charge < -0.3 is 5.32 Å². The van der Waals surface area contributed by atoms with E-state index in [1.54, 1.807) is 25.6 Å². The fraction of sp³-hybridized carbons (Fsp3) is 0.316. The van der Waals surface area contributed by atoms with Gasteiger partial charge in [0.2, 0.25) is 10.0 Å². The van der Waals surface area contributed by atoms with Crippen LogP contribution in [-0.4, -0.2) is 38.0 Å². The maximum Gasteiger partial charge on any atom is 0.251 e. The van der Waals surface area contributed by atoms with Crippen LogP contribution in [-0.2, 0) is 16.6 Å². The average molecular weight is 427 g/mol. The zero-order chi connectivity index (χ0) is 20.0. The van der Waals surface area contributed by atoms with Gasteiger partial charge in [0.05, 0.1) is 5.02 Å². The van der Waals surface area contributed by atoms with Gasteiger partial charge in [-0.05, 0) is 42.2 Å². The molecular formula is C19H23ClN2O3S2. The minimum Gasteiger partial charge on any atom is -0.348 e. The van der Waals surface area contributed by atoms with Crippen molar-refractivity contribution in [3.05, 3.63) is 58.6 Å². The molecule has 27 heavy (non-hydrogen) atoms. The lowest BCUT2D eigenvalue weighted by Crippen LogP contribution is -2.31. The Bertz CT molecular complexity index is 896. The second kappa shape index (κ2) is 9.59. The van der Waals surface area contributed by atoms with Crippen molar-refractivity contribution in [2.24, 2.45) is 0 Å². The van der Waals surface area contributed by atoms with Gasteiger partial charge >= 0.3 is 0 Å². The topological polar surface area (TPSA) is 66.5 Å². The number of sulfonamides is 1. The van der Waals surface area contributed by atoms with E-state index in [9.17, 15) is 13.2 Å². The summed E-state index contributed by atoms with van der Waals surface area (Å²) in [5.74, 6) is -0.350. The maximum absolute atomic E-state index is 12.7. The molecular weight excluding hydrogens is 404 g/mol. The van der Waals surface area contributed by atoms with Crippen LogP contribution in [0.5, 0.6) is 0 Å². The number of amides is 1. The molecule has 0 aliphatic carbocycles. The standard InChI is InChI=1S/C19H23ClN2O3S2/c1-4-22(5-2)27(24,25)18-12-15(8-11-17(18)20)19(23)21-13-14-6-9-16(26-3)10-7-14/h6-12H,4-5,13H2,1-3H3,(H,21,23). The van der Waals surface area contributed by atoms with Gasteiger partial charge in [-0.1, -0.05) is 37.6 Å². The monoisotopic (exact) mass is 426 g/mol. The SMILES string of the molecule is CCN(CC)S(=O)(=O)c1cc(C(=O)NCc2ccc(SC)cc2)ccc1Cl. The molecule has 0 aliphatic heterocycles. The molecule has 1 N–H and O–H groups in total. The Labute approximate surface area is 170 Å². The number of benzene rings is 2. The third-order valence-corrected chi connectivity index (χ3v) is 7.40. The van der Waals surface area contributed by atoms with Crippen LogP contribution < -0.4 is 5.32 Å². The highest BCUT2D eigenvalue weighted by Gasteiger charge is 2.25. The first kappa shape index (κ1) is 21.8. The molecule has 0 bridgehead atoms. The number of rotatable bonds is 8. The van der Waals surface area contributed by atoms with Crippen LogP contribution in [0.15, 0.2) is 52.3 Å². The fourth-order valence-corrected chi connectivity index (χ4v) is 4.94. The van der Waals surface area contributed by atoms with Crippen molar-refractivity contribution in [1.82, 2.24) is 9.62 Å². The smallest absolute Gasteiger partial charge is 0.251 e. The highest BCUT2D eigenvalue weighted by atomic mass is 35.5. The summed E-state index contributed by atoms with van der Waals surface area (Å²) in [5.41, 5.74) is 1.22. The van der Waals surface area contributed by atoms with Crippen molar-refractivity contribution in [2.45, 2.75) is 30.2 Å². The zero-order valence-corrected chi connectivity index (χ0v) is 17.9. The molecule has 1 amide bonds. The summed E-state index contributed by atoms with van der Waals surface area (Å²) < 4.78 is 26.8. The third kappa shape index (κ3) is 5.25. The lowest BCUT2D eigenvalue weighted by Gasteiger charge is -2.19. The Hall–Kier alpha value is -1.54. The Morgan fingerprint density at radius 1 is 1.11 bits per heavy atom. The second-order valence-corrected chi connectivity index (χ2v) is 8.96. The molecule has 0 heterocycles. The Morgan fingerprint density at radius 2 is 1.74 bits per heavy atom. The van der Waals surface area contributed by atoms with Gasteiger partial charge in [0.25, 0.3) is 5.91 Å². The normalized spacial score (nSPS) is 11.6. The number of hydrogen-bond donors (Lipinski definition) is 1. The summed E-state index contributed by atoms with van der Waals surface area (Å²) in [4.78, 5) is 13.6. The van der Waals surface area contributed by atoms with Crippen LogP contribution in [0, 0.1) is 0 Å². The molecule has 0 saturated carbocycles. The van der Waals surface area contributed by atoms with Gasteiger partial charge in [0.1, 0.15) is 4.90 Å². The summed E-state index contributed by atoms with van der Waals surface area (Å²) in [7, 11) is -3.74. The first-order chi connectivity index (χ1) is 12.8. The van der Waals surface area contributed by atoms with Gasteiger partial charge in [0.15, 0.2) is 0 Å². The van der Waals surface area contributed by atoms with E-state index in [-0.39, 0.29) is 21.4 Å². The molecule has 0 aliphatic rings. The minimum atomic E-state index is -3.74. The van der Waals surface area contributed by atoms with Crippen LogP contribution >= 0.6 is 23.4 Å². The molecule has 2 rings (SSSR count). The van der Waals surface area contributed by atoms with Gasteiger partial charge in [-0.2, -0.15) is 4.31 Å². The molecule has 0 atom stereocenters. The van der Waals surface area contributed by atoms with E-state index in [1.807, 2.05) is 30.5 Å². The van der Waals surface area contributed by atoms with E-state index >= 15 is 0 Å². The number of nitrogens with one attached hydrogen (secondary N) is 1. The summed E-state index contributed by atoms with van der Waals surface area (Å²) >= 11 is 7.75. The van der Waals surface area contributed by atoms with Gasteiger partial charge in [-0.25, -0.2) is 8.42 Å². The molecule has 0 unspecified atom stereocenters. The van der Waals surface area contributed by atoms with E-state index in [2.05, 4.69) is 5.32 Å². The lowest BCUT2D eigenvalue weighted by atomic mass is 10.2. The van der Waals surface area contributed by atoms with E-state index in [0.717, 1.165) is 10.5 Å². The first-order valence-electron chi connectivity index (χ1n) is 8.54. The van der Waals surface area contributed by atoms with Crippen LogP contribution in [0.25, 0.3) is 0 Å². The van der Waals surface area contributed by atoms with Crippen LogP contribution in [0.4, 0.5) is 0 Å². The van der Waals surface area contributed by atoms with Gasteiger partial charge in [-0.3, -0.25) is 4.79 Å². The van der Waals surface area contributed by atoms with Crippen LogP contribution in [0.1, 0.15) is 29.8 Å². The predicted octanol–water partition coefficient (Wildman–Crippen LogP) is 4.02. The highest BCUT2D eigenvalue weighted by Crippen LogP contribution is 2.26. The molecule has 146 valence electrons. The zero-order valence-electron chi connectivity index (χ0n) is 15.5. The van der Waals surface area contributed by atoms with E-state index < -0.39 is 10.0 Å². The number of carbonyl (C=O) groups is 1. The summed E-state index contributed by atoms with van der Waals surface area (Å²) in [6.45, 7) is 4.53. The molecule has 2 aromatic rings. The van der Waals surface area contributed by atoms with E-state index in [4.69, 9.17) is 11.6 Å². The summed E-state index contributed by atoms with van der Waals surface area (Å²) in [6, 6.07) is 12.2. The second-order valence-electron chi connectivity index (χ2n) is 5.77. The molecule has 5 nitrogen and oxygen atoms in total. The van der Waals surface area contributed by atoms with Crippen molar-refractivity contribution >= 4 is 39.3 Å².